The van der Waals surface area contributed by atoms with Crippen LogP contribution in [0.5, 0.6) is 0 Å². The van der Waals surface area contributed by atoms with Crippen molar-refractivity contribution in [2.45, 2.75) is 0 Å². The number of amides is 2. The van der Waals surface area contributed by atoms with Crippen LogP contribution in [-0.4, -0.2) is 17.0 Å². The third kappa shape index (κ3) is 3.19. The lowest BCUT2D eigenvalue weighted by Gasteiger charge is -2.00. The predicted octanol–water partition coefficient (Wildman–Crippen LogP) is -0.191. The Morgan fingerprint density at radius 2 is 2.12 bits per heavy atom. The van der Waals surface area contributed by atoms with E-state index >= 15 is 0 Å². The fourth-order valence-corrected chi connectivity index (χ4v) is 1.08. The van der Waals surface area contributed by atoms with Crippen molar-refractivity contribution in [3.8, 4) is 0 Å². The highest BCUT2D eigenvalue weighted by molar-refractivity contribution is 5.95. The fraction of sp³-hybridized carbons (Fsp3) is 0. The molecule has 0 aliphatic heterocycles. The van der Waals surface area contributed by atoms with Crippen LogP contribution in [0.15, 0.2) is 30.3 Å². The minimum absolute atomic E-state index is 0.383. The molecule has 0 radical (unpaired) electrons. The van der Waals surface area contributed by atoms with Gasteiger partial charge < -0.3 is 0 Å². The summed E-state index contributed by atoms with van der Waals surface area (Å²) in [7, 11) is 0. The first kappa shape index (κ1) is 11.9. The standard InChI is InChI=1S/C10H11N3O3/c11-12-10(15)8-3-1-2-7(6-8)4-5-9(14)13-16/h1-6,16H,11H2,(H,12,15)(H,13,14)/b5-4+. The number of carbonyl (C=O) groups excluding carboxylic acids is 2. The number of benzene rings is 1. The zero-order valence-electron chi connectivity index (χ0n) is 8.31. The Morgan fingerprint density at radius 3 is 2.75 bits per heavy atom. The highest BCUT2D eigenvalue weighted by atomic mass is 16.5. The third-order valence-corrected chi connectivity index (χ3v) is 1.82. The Balaban J connectivity index is 2.86. The van der Waals surface area contributed by atoms with E-state index in [9.17, 15) is 9.59 Å². The minimum Gasteiger partial charge on any atom is -0.290 e. The molecular weight excluding hydrogens is 210 g/mol. The molecule has 0 saturated heterocycles. The minimum atomic E-state index is -0.645. The summed E-state index contributed by atoms with van der Waals surface area (Å²) in [6.45, 7) is 0. The molecule has 0 spiro atoms. The number of nitrogens with one attached hydrogen (secondary N) is 2. The van der Waals surface area contributed by atoms with E-state index in [1.807, 2.05) is 5.43 Å². The van der Waals surface area contributed by atoms with E-state index in [-0.39, 0.29) is 0 Å². The molecular formula is C10H11N3O3. The summed E-state index contributed by atoms with van der Waals surface area (Å²) in [5.74, 6) is 3.92. The number of nitrogen functional groups attached to an aromatic ring is 1. The van der Waals surface area contributed by atoms with Crippen LogP contribution in [0.25, 0.3) is 6.08 Å². The second-order valence-corrected chi connectivity index (χ2v) is 2.91. The molecule has 0 heterocycles. The first-order valence-corrected chi connectivity index (χ1v) is 4.40. The third-order valence-electron chi connectivity index (χ3n) is 1.82. The van der Waals surface area contributed by atoms with Crippen molar-refractivity contribution in [2.24, 2.45) is 5.84 Å². The smallest absolute Gasteiger partial charge is 0.267 e. The fourth-order valence-electron chi connectivity index (χ4n) is 1.08. The molecule has 0 atom stereocenters. The summed E-state index contributed by atoms with van der Waals surface area (Å²) in [6, 6.07) is 6.50. The van der Waals surface area contributed by atoms with Crippen molar-refractivity contribution in [3.05, 3.63) is 41.5 Å². The van der Waals surface area contributed by atoms with Gasteiger partial charge in [-0.15, -0.1) is 0 Å². The van der Waals surface area contributed by atoms with Crippen LogP contribution in [0, 0.1) is 0 Å². The average Bonchev–Trinajstić information content (AvgIpc) is 2.35. The second-order valence-electron chi connectivity index (χ2n) is 2.91. The summed E-state index contributed by atoms with van der Waals surface area (Å²) in [5, 5.41) is 8.26. The van der Waals surface area contributed by atoms with Crippen molar-refractivity contribution in [1.82, 2.24) is 10.9 Å². The lowest BCUT2D eigenvalue weighted by atomic mass is 10.1. The highest BCUT2D eigenvalue weighted by Gasteiger charge is 2.02. The van der Waals surface area contributed by atoms with E-state index in [0.29, 0.717) is 11.1 Å². The molecule has 0 aromatic heterocycles. The van der Waals surface area contributed by atoms with Crippen molar-refractivity contribution >= 4 is 17.9 Å². The average molecular weight is 221 g/mol. The summed E-state index contributed by atoms with van der Waals surface area (Å²) in [6.07, 6.45) is 2.60. The van der Waals surface area contributed by atoms with Crippen LogP contribution in [0.1, 0.15) is 15.9 Å². The predicted molar refractivity (Wildman–Crippen MR) is 57.1 cm³/mol. The Hall–Kier alpha value is -2.18. The maximum absolute atomic E-state index is 11.2. The molecule has 0 fully saturated rings. The molecule has 1 rings (SSSR count). The molecule has 0 saturated carbocycles. The maximum Gasteiger partial charge on any atom is 0.267 e. The van der Waals surface area contributed by atoms with Crippen LogP contribution >= 0.6 is 0 Å². The van der Waals surface area contributed by atoms with E-state index < -0.39 is 11.8 Å². The van der Waals surface area contributed by atoms with E-state index in [1.165, 1.54) is 11.6 Å². The molecule has 0 aliphatic rings. The monoisotopic (exact) mass is 221 g/mol. The van der Waals surface area contributed by atoms with E-state index in [0.717, 1.165) is 6.08 Å². The lowest BCUT2D eigenvalue weighted by Crippen LogP contribution is -2.29. The van der Waals surface area contributed by atoms with Gasteiger partial charge in [0.05, 0.1) is 0 Å². The normalized spacial score (nSPS) is 10.1. The van der Waals surface area contributed by atoms with Gasteiger partial charge in [0, 0.05) is 11.6 Å². The first-order valence-electron chi connectivity index (χ1n) is 4.40. The first-order chi connectivity index (χ1) is 7.67. The van der Waals surface area contributed by atoms with Crippen molar-refractivity contribution in [1.29, 1.82) is 0 Å². The summed E-state index contributed by atoms with van der Waals surface area (Å²) >= 11 is 0. The van der Waals surface area contributed by atoms with Crippen molar-refractivity contribution < 1.29 is 14.8 Å². The van der Waals surface area contributed by atoms with Gasteiger partial charge in [0.15, 0.2) is 0 Å². The van der Waals surface area contributed by atoms with Gasteiger partial charge in [-0.1, -0.05) is 12.1 Å². The number of carbonyl (C=O) groups is 2. The van der Waals surface area contributed by atoms with E-state index in [4.69, 9.17) is 11.0 Å². The van der Waals surface area contributed by atoms with Crippen LogP contribution in [-0.2, 0) is 4.79 Å². The molecule has 0 aliphatic carbocycles. The van der Waals surface area contributed by atoms with E-state index in [2.05, 4.69) is 0 Å². The van der Waals surface area contributed by atoms with Gasteiger partial charge in [0.2, 0.25) is 0 Å². The Labute approximate surface area is 91.7 Å². The number of hydrazine groups is 1. The Kier molecular flexibility index (Phi) is 4.19. The summed E-state index contributed by atoms with van der Waals surface area (Å²) in [4.78, 5) is 21.9. The molecule has 5 N–H and O–H groups in total. The van der Waals surface area contributed by atoms with Crippen LogP contribution in [0.4, 0.5) is 0 Å². The molecule has 1 aromatic carbocycles. The van der Waals surface area contributed by atoms with Gasteiger partial charge >= 0.3 is 0 Å². The van der Waals surface area contributed by atoms with E-state index in [1.54, 1.807) is 24.3 Å². The van der Waals surface area contributed by atoms with Gasteiger partial charge in [-0.3, -0.25) is 20.2 Å². The molecule has 6 heteroatoms. The van der Waals surface area contributed by atoms with Crippen molar-refractivity contribution in [2.75, 3.05) is 0 Å². The number of hydrogen-bond acceptors (Lipinski definition) is 4. The summed E-state index contributed by atoms with van der Waals surface area (Å²) in [5.41, 5.74) is 4.49. The number of hydroxylamine groups is 1. The van der Waals surface area contributed by atoms with Crippen molar-refractivity contribution in [3.63, 3.8) is 0 Å². The van der Waals surface area contributed by atoms with Gasteiger partial charge in [0.25, 0.3) is 11.8 Å². The van der Waals surface area contributed by atoms with Crippen LogP contribution in [0.3, 0.4) is 0 Å². The molecule has 0 bridgehead atoms. The molecule has 1 aromatic rings. The quantitative estimate of drug-likeness (QED) is 0.187. The highest BCUT2D eigenvalue weighted by Crippen LogP contribution is 2.06. The maximum atomic E-state index is 11.2. The SMILES string of the molecule is NNC(=O)c1cccc(/C=C/C(=O)NO)c1. The largest absolute Gasteiger partial charge is 0.290 e. The molecule has 6 nitrogen and oxygen atoms in total. The second kappa shape index (κ2) is 5.64. The molecule has 0 unspecified atom stereocenters. The molecule has 16 heavy (non-hydrogen) atoms. The van der Waals surface area contributed by atoms with Gasteiger partial charge in [0.1, 0.15) is 0 Å². The molecule has 2 amide bonds. The number of hydrogen-bond donors (Lipinski definition) is 4. The molecule has 84 valence electrons. The summed E-state index contributed by atoms with van der Waals surface area (Å²) < 4.78 is 0. The Bertz CT molecular complexity index is 429. The zero-order chi connectivity index (χ0) is 12.0. The number of rotatable bonds is 3. The van der Waals surface area contributed by atoms with Crippen LogP contribution < -0.4 is 16.7 Å². The lowest BCUT2D eigenvalue weighted by molar-refractivity contribution is -0.124. The zero-order valence-corrected chi connectivity index (χ0v) is 8.31. The van der Waals surface area contributed by atoms with Gasteiger partial charge in [-0.05, 0) is 23.8 Å². The van der Waals surface area contributed by atoms with Gasteiger partial charge in [-0.2, -0.15) is 0 Å². The van der Waals surface area contributed by atoms with Crippen LogP contribution in [0.2, 0.25) is 0 Å². The topological polar surface area (TPSA) is 104 Å². The Morgan fingerprint density at radius 1 is 1.38 bits per heavy atom. The number of nitrogens with two attached hydrogens (primary N) is 1. The van der Waals surface area contributed by atoms with Gasteiger partial charge in [-0.25, -0.2) is 11.3 Å².